The van der Waals surface area contributed by atoms with Crippen LogP contribution in [0.15, 0.2) is 72.9 Å². The molecular weight excluding hydrogens is 444 g/mol. The molecule has 0 atom stereocenters. The standard InChI is InChI=1S/C25H17F2N3O4/c26-14-9-15(27)11-16(10-14)30-23(21(12-28-30)24(31)32)29-25(33)34-13-22-19-7-3-1-5-17(19)18-6-2-4-8-20(18)22/h1-12,22H,13H2,(H,29,33)(H,31,32). The van der Waals surface area contributed by atoms with Gasteiger partial charge < -0.3 is 9.84 Å². The molecule has 2 N–H and O–H groups in total. The van der Waals surface area contributed by atoms with E-state index in [1.165, 1.54) is 0 Å². The zero-order chi connectivity index (χ0) is 23.8. The molecule has 4 aromatic rings. The van der Waals surface area contributed by atoms with Crippen LogP contribution in [0, 0.1) is 11.6 Å². The number of carbonyl (C=O) groups is 2. The lowest BCUT2D eigenvalue weighted by Crippen LogP contribution is -2.21. The van der Waals surface area contributed by atoms with Gasteiger partial charge in [0.2, 0.25) is 0 Å². The summed E-state index contributed by atoms with van der Waals surface area (Å²) in [7, 11) is 0. The normalized spacial score (nSPS) is 12.2. The van der Waals surface area contributed by atoms with Crippen LogP contribution < -0.4 is 5.32 Å². The van der Waals surface area contributed by atoms with Crippen LogP contribution >= 0.6 is 0 Å². The van der Waals surface area contributed by atoms with Crippen LogP contribution in [0.5, 0.6) is 0 Å². The number of nitrogens with one attached hydrogen (secondary N) is 1. The molecule has 170 valence electrons. The van der Waals surface area contributed by atoms with E-state index in [0.717, 1.165) is 45.3 Å². The number of hydrogen-bond donors (Lipinski definition) is 2. The summed E-state index contributed by atoms with van der Waals surface area (Å²) in [6.07, 6.45) is 0.0486. The molecule has 0 aliphatic heterocycles. The average molecular weight is 461 g/mol. The highest BCUT2D eigenvalue weighted by Crippen LogP contribution is 2.44. The monoisotopic (exact) mass is 461 g/mol. The van der Waals surface area contributed by atoms with Gasteiger partial charge in [0.1, 0.15) is 23.8 Å². The number of fused-ring (bicyclic) bond motifs is 3. The number of benzene rings is 3. The third-order valence-electron chi connectivity index (χ3n) is 5.66. The van der Waals surface area contributed by atoms with Crippen molar-refractivity contribution in [3.8, 4) is 16.8 Å². The van der Waals surface area contributed by atoms with Crippen LogP contribution in [0.4, 0.5) is 19.4 Å². The summed E-state index contributed by atoms with van der Waals surface area (Å²) < 4.78 is 33.8. The van der Waals surface area contributed by atoms with E-state index in [1.807, 2.05) is 48.5 Å². The third-order valence-corrected chi connectivity index (χ3v) is 5.66. The summed E-state index contributed by atoms with van der Waals surface area (Å²) >= 11 is 0. The molecule has 0 radical (unpaired) electrons. The molecular formula is C25H17F2N3O4. The van der Waals surface area contributed by atoms with E-state index < -0.39 is 23.7 Å². The molecule has 34 heavy (non-hydrogen) atoms. The molecule has 0 saturated heterocycles. The van der Waals surface area contributed by atoms with Crippen molar-refractivity contribution < 1.29 is 28.2 Å². The van der Waals surface area contributed by atoms with Gasteiger partial charge in [-0.2, -0.15) is 5.10 Å². The molecule has 3 aromatic carbocycles. The second-order valence-electron chi connectivity index (χ2n) is 7.70. The molecule has 0 fully saturated rings. The van der Waals surface area contributed by atoms with Crippen molar-refractivity contribution in [3.63, 3.8) is 0 Å². The lowest BCUT2D eigenvalue weighted by atomic mass is 9.98. The number of rotatable bonds is 5. The van der Waals surface area contributed by atoms with Gasteiger partial charge in [0.15, 0.2) is 5.82 Å². The fraction of sp³-hybridized carbons (Fsp3) is 0.0800. The Labute approximate surface area is 192 Å². The maximum Gasteiger partial charge on any atom is 0.412 e. The van der Waals surface area contributed by atoms with Crippen molar-refractivity contribution >= 4 is 17.9 Å². The first-order chi connectivity index (χ1) is 16.4. The fourth-order valence-corrected chi connectivity index (χ4v) is 4.21. The van der Waals surface area contributed by atoms with Gasteiger partial charge in [0, 0.05) is 12.0 Å². The average Bonchev–Trinajstić information content (AvgIpc) is 3.36. The number of carboxylic acid groups (broad SMARTS) is 1. The van der Waals surface area contributed by atoms with Crippen LogP contribution in [0.1, 0.15) is 27.4 Å². The Balaban J connectivity index is 1.40. The number of nitrogens with zero attached hydrogens (tertiary/aromatic N) is 2. The molecule has 1 aromatic heterocycles. The number of aromatic nitrogens is 2. The largest absolute Gasteiger partial charge is 0.477 e. The Bertz CT molecular complexity index is 1370. The van der Waals surface area contributed by atoms with Gasteiger partial charge in [-0.15, -0.1) is 0 Å². The highest BCUT2D eigenvalue weighted by atomic mass is 19.1. The summed E-state index contributed by atoms with van der Waals surface area (Å²) in [6.45, 7) is 0.00496. The molecule has 7 nitrogen and oxygen atoms in total. The van der Waals surface area contributed by atoms with Gasteiger partial charge in [0.05, 0.1) is 11.9 Å². The van der Waals surface area contributed by atoms with Crippen molar-refractivity contribution in [2.75, 3.05) is 11.9 Å². The molecule has 0 unspecified atom stereocenters. The summed E-state index contributed by atoms with van der Waals surface area (Å²) in [5, 5.41) is 15.7. The highest BCUT2D eigenvalue weighted by molar-refractivity contribution is 5.98. The number of ether oxygens (including phenoxy) is 1. The first-order valence-corrected chi connectivity index (χ1v) is 10.3. The van der Waals surface area contributed by atoms with E-state index in [2.05, 4.69) is 10.4 Å². The van der Waals surface area contributed by atoms with Crippen molar-refractivity contribution in [2.45, 2.75) is 5.92 Å². The summed E-state index contributed by atoms with van der Waals surface area (Å²) in [5.41, 5.74) is 3.70. The molecule has 0 bridgehead atoms. The number of aromatic carboxylic acids is 1. The van der Waals surface area contributed by atoms with Gasteiger partial charge in [-0.05, 0) is 34.4 Å². The van der Waals surface area contributed by atoms with Crippen molar-refractivity contribution in [3.05, 3.63) is 101 Å². The summed E-state index contributed by atoms with van der Waals surface area (Å²) in [5.74, 6) is -3.62. The Morgan fingerprint density at radius 2 is 1.56 bits per heavy atom. The van der Waals surface area contributed by atoms with Gasteiger partial charge in [0.25, 0.3) is 0 Å². The molecule has 1 aliphatic rings. The Morgan fingerprint density at radius 1 is 0.971 bits per heavy atom. The van der Waals surface area contributed by atoms with E-state index in [9.17, 15) is 23.5 Å². The number of carboxylic acids is 1. The topological polar surface area (TPSA) is 93.5 Å². The quantitative estimate of drug-likeness (QED) is 0.426. The second kappa shape index (κ2) is 8.43. The zero-order valence-corrected chi connectivity index (χ0v) is 17.5. The van der Waals surface area contributed by atoms with Crippen LogP contribution in [-0.2, 0) is 4.74 Å². The minimum atomic E-state index is -1.38. The Morgan fingerprint density at radius 3 is 2.15 bits per heavy atom. The number of halogens is 2. The molecule has 1 aliphatic carbocycles. The SMILES string of the molecule is O=C(Nc1c(C(=O)O)cnn1-c1cc(F)cc(F)c1)OCC1c2ccccc2-c2ccccc21. The van der Waals surface area contributed by atoms with Crippen molar-refractivity contribution in [1.82, 2.24) is 9.78 Å². The van der Waals surface area contributed by atoms with Gasteiger partial charge in [-0.25, -0.2) is 23.1 Å². The van der Waals surface area contributed by atoms with Crippen LogP contribution in [0.25, 0.3) is 16.8 Å². The van der Waals surface area contributed by atoms with E-state index in [0.29, 0.717) is 6.07 Å². The predicted octanol–water partition coefficient (Wildman–Crippen LogP) is 5.21. The molecule has 0 saturated carbocycles. The molecule has 0 spiro atoms. The Hall–Kier alpha value is -4.53. The third kappa shape index (κ3) is 3.77. The second-order valence-corrected chi connectivity index (χ2v) is 7.70. The first kappa shape index (κ1) is 21.3. The van der Waals surface area contributed by atoms with Crippen LogP contribution in [-0.4, -0.2) is 33.6 Å². The molecule has 5 rings (SSSR count). The van der Waals surface area contributed by atoms with Crippen molar-refractivity contribution in [1.29, 1.82) is 0 Å². The maximum atomic E-state index is 13.7. The molecule has 1 heterocycles. The van der Waals surface area contributed by atoms with Crippen LogP contribution in [0.2, 0.25) is 0 Å². The van der Waals surface area contributed by atoms with Gasteiger partial charge >= 0.3 is 12.1 Å². The maximum absolute atomic E-state index is 13.7. The number of anilines is 1. The lowest BCUT2D eigenvalue weighted by Gasteiger charge is -2.15. The first-order valence-electron chi connectivity index (χ1n) is 10.3. The molecule has 9 heteroatoms. The van der Waals surface area contributed by atoms with Gasteiger partial charge in [-0.1, -0.05) is 48.5 Å². The van der Waals surface area contributed by atoms with Crippen LogP contribution in [0.3, 0.4) is 0 Å². The van der Waals surface area contributed by atoms with E-state index >= 15 is 0 Å². The minimum absolute atomic E-state index is 0.00496. The van der Waals surface area contributed by atoms with E-state index in [-0.39, 0.29) is 29.6 Å². The molecule has 1 amide bonds. The summed E-state index contributed by atoms with van der Waals surface area (Å²) in [6, 6.07) is 18.2. The minimum Gasteiger partial charge on any atom is -0.477 e. The fourth-order valence-electron chi connectivity index (χ4n) is 4.21. The predicted molar refractivity (Wildman–Crippen MR) is 119 cm³/mol. The smallest absolute Gasteiger partial charge is 0.412 e. The number of hydrogen-bond acceptors (Lipinski definition) is 4. The van der Waals surface area contributed by atoms with Gasteiger partial charge in [-0.3, -0.25) is 5.32 Å². The number of amides is 1. The van der Waals surface area contributed by atoms with Crippen molar-refractivity contribution in [2.24, 2.45) is 0 Å². The van der Waals surface area contributed by atoms with E-state index in [4.69, 9.17) is 4.74 Å². The highest BCUT2D eigenvalue weighted by Gasteiger charge is 2.29. The number of carbonyl (C=O) groups excluding carboxylic acids is 1. The summed E-state index contributed by atoms with van der Waals surface area (Å²) in [4.78, 5) is 24.3. The lowest BCUT2D eigenvalue weighted by molar-refractivity contribution is 0.0698. The zero-order valence-electron chi connectivity index (χ0n) is 17.5. The van der Waals surface area contributed by atoms with E-state index in [1.54, 1.807) is 0 Å². The Kier molecular flexibility index (Phi) is 5.29.